The maximum absolute atomic E-state index is 12.4. The molecule has 1 amide bonds. The molecule has 2 atom stereocenters. The number of carbonyl (C=O) groups is 1. The monoisotopic (exact) mass is 386 g/mol. The second kappa shape index (κ2) is 9.54. The lowest BCUT2D eigenvalue weighted by molar-refractivity contribution is -0.123. The van der Waals surface area contributed by atoms with Crippen LogP contribution >= 0.6 is 0 Å². The molecule has 148 valence electrons. The maximum Gasteiger partial charge on any atom is 0.635 e. The van der Waals surface area contributed by atoms with Crippen LogP contribution in [0.5, 0.6) is 11.5 Å². The maximum atomic E-state index is 12.4. The lowest BCUT2D eigenvalue weighted by Gasteiger charge is -2.22. The number of para-hydroxylation sites is 1. The average molecular weight is 386 g/mol. The predicted molar refractivity (Wildman–Crippen MR) is 102 cm³/mol. The van der Waals surface area contributed by atoms with E-state index in [2.05, 4.69) is 10.3 Å². The number of benzene rings is 1. The Hall–Kier alpha value is -2.62. The first-order chi connectivity index (χ1) is 13.5. The number of nitrogens with one attached hydrogen (secondary N) is 1. The van der Waals surface area contributed by atoms with E-state index in [9.17, 15) is 14.8 Å². The molecule has 2 heterocycles. The lowest BCUT2D eigenvalue weighted by atomic mass is 9.96. The molecule has 0 unspecified atom stereocenters. The van der Waals surface area contributed by atoms with E-state index in [-0.39, 0.29) is 18.2 Å². The molecule has 1 aromatic carbocycles. The van der Waals surface area contributed by atoms with E-state index < -0.39 is 13.5 Å². The topological polar surface area (TPSA) is 110 Å². The van der Waals surface area contributed by atoms with Crippen molar-refractivity contribution in [2.75, 3.05) is 13.2 Å². The van der Waals surface area contributed by atoms with E-state index in [0.717, 1.165) is 11.3 Å². The largest absolute Gasteiger partial charge is 0.635 e. The Labute approximate surface area is 163 Å². The molecular formula is C19H23BN2O6. The van der Waals surface area contributed by atoms with Gasteiger partial charge in [0.05, 0.1) is 25.8 Å². The van der Waals surface area contributed by atoms with Gasteiger partial charge in [0, 0.05) is 23.6 Å². The summed E-state index contributed by atoms with van der Waals surface area (Å²) in [4.78, 5) is 16.6. The van der Waals surface area contributed by atoms with E-state index in [0.29, 0.717) is 31.1 Å². The number of hydrogen-bond acceptors (Lipinski definition) is 7. The molecule has 0 saturated carbocycles. The number of pyridine rings is 1. The van der Waals surface area contributed by atoms with E-state index in [4.69, 9.17) is 14.1 Å². The van der Waals surface area contributed by atoms with Crippen molar-refractivity contribution in [3.05, 3.63) is 53.9 Å². The molecule has 3 rings (SSSR count). The van der Waals surface area contributed by atoms with Crippen LogP contribution in [0, 0.1) is 0 Å². The number of amides is 1. The molecule has 2 aromatic rings. The molecule has 28 heavy (non-hydrogen) atoms. The summed E-state index contributed by atoms with van der Waals surface area (Å²) in [5.41, 5.74) is 1.57. The standard InChI is InChI=1S/C19H23BN2O6/c1-2-26-15-8-7-14(21-11-15)10-18(23)22-19(28-20(24)25)9-13-12-27-17-6-4-3-5-16(13)17/h3-8,11,13,19,24-25H,2,9-10,12H2,1H3,(H,22,23)/t13-,19-/m1/s1. The molecule has 9 heteroatoms. The Bertz CT molecular complexity index is 786. The number of carbonyl (C=O) groups excluding carboxylic acids is 1. The van der Waals surface area contributed by atoms with Crippen LogP contribution in [0.2, 0.25) is 0 Å². The lowest BCUT2D eigenvalue weighted by Crippen LogP contribution is -2.42. The van der Waals surface area contributed by atoms with Gasteiger partial charge in [-0.05, 0) is 25.1 Å². The predicted octanol–water partition coefficient (Wildman–Crippen LogP) is 1.02. The molecule has 0 radical (unpaired) electrons. The van der Waals surface area contributed by atoms with Gasteiger partial charge >= 0.3 is 7.32 Å². The van der Waals surface area contributed by atoms with Crippen molar-refractivity contribution in [3.63, 3.8) is 0 Å². The van der Waals surface area contributed by atoms with Gasteiger partial charge in [0.25, 0.3) is 0 Å². The van der Waals surface area contributed by atoms with Gasteiger partial charge in [0.2, 0.25) is 5.91 Å². The van der Waals surface area contributed by atoms with E-state index >= 15 is 0 Å². The molecule has 3 N–H and O–H groups in total. The Balaban J connectivity index is 1.60. The Morgan fingerprint density at radius 2 is 2.18 bits per heavy atom. The van der Waals surface area contributed by atoms with Crippen molar-refractivity contribution in [3.8, 4) is 11.5 Å². The zero-order valence-corrected chi connectivity index (χ0v) is 15.6. The van der Waals surface area contributed by atoms with Crippen molar-refractivity contribution in [1.29, 1.82) is 0 Å². The van der Waals surface area contributed by atoms with Crippen molar-refractivity contribution < 1.29 is 29.0 Å². The molecule has 0 saturated heterocycles. The fourth-order valence-electron chi connectivity index (χ4n) is 3.14. The summed E-state index contributed by atoms with van der Waals surface area (Å²) in [6, 6.07) is 11.1. The van der Waals surface area contributed by atoms with Gasteiger partial charge < -0.3 is 29.5 Å². The quantitative estimate of drug-likeness (QED) is 0.436. The third-order valence-electron chi connectivity index (χ3n) is 4.36. The highest BCUT2D eigenvalue weighted by Crippen LogP contribution is 2.36. The summed E-state index contributed by atoms with van der Waals surface area (Å²) in [6.07, 6.45) is 1.06. The van der Waals surface area contributed by atoms with Gasteiger partial charge in [-0.3, -0.25) is 9.78 Å². The first-order valence-electron chi connectivity index (χ1n) is 9.15. The number of hydrogen-bond donors (Lipinski definition) is 3. The number of rotatable bonds is 9. The van der Waals surface area contributed by atoms with E-state index in [1.807, 2.05) is 31.2 Å². The van der Waals surface area contributed by atoms with Crippen LogP contribution in [-0.2, 0) is 15.9 Å². The van der Waals surface area contributed by atoms with Gasteiger partial charge in [-0.1, -0.05) is 18.2 Å². The highest BCUT2D eigenvalue weighted by atomic mass is 16.6. The zero-order chi connectivity index (χ0) is 19.9. The van der Waals surface area contributed by atoms with Gasteiger partial charge in [0.15, 0.2) is 0 Å². The van der Waals surface area contributed by atoms with Crippen molar-refractivity contribution in [2.45, 2.75) is 31.9 Å². The van der Waals surface area contributed by atoms with Crippen LogP contribution in [0.3, 0.4) is 0 Å². The number of fused-ring (bicyclic) bond motifs is 1. The van der Waals surface area contributed by atoms with Gasteiger partial charge in [0.1, 0.15) is 17.7 Å². The fourth-order valence-corrected chi connectivity index (χ4v) is 3.14. The fraction of sp³-hybridized carbons (Fsp3) is 0.368. The molecule has 1 aliphatic heterocycles. The number of nitrogens with zero attached hydrogens (tertiary/aromatic N) is 1. The van der Waals surface area contributed by atoms with Crippen LogP contribution in [-0.4, -0.2) is 47.7 Å². The highest BCUT2D eigenvalue weighted by Gasteiger charge is 2.29. The normalized spacial score (nSPS) is 16.0. The van der Waals surface area contributed by atoms with Gasteiger partial charge in [-0.2, -0.15) is 0 Å². The van der Waals surface area contributed by atoms with Crippen LogP contribution in [0.15, 0.2) is 42.6 Å². The number of ether oxygens (including phenoxy) is 2. The SMILES string of the molecule is CCOc1ccc(CC(=O)N[C@@H](C[C@@H]2COc3ccccc32)OB(O)O)nc1. The summed E-state index contributed by atoms with van der Waals surface area (Å²) >= 11 is 0. The van der Waals surface area contributed by atoms with Crippen LogP contribution in [0.1, 0.15) is 30.5 Å². The van der Waals surface area contributed by atoms with Gasteiger partial charge in [-0.15, -0.1) is 0 Å². The third-order valence-corrected chi connectivity index (χ3v) is 4.36. The van der Waals surface area contributed by atoms with Gasteiger partial charge in [-0.25, -0.2) is 0 Å². The number of aromatic nitrogens is 1. The Morgan fingerprint density at radius 1 is 1.36 bits per heavy atom. The minimum Gasteiger partial charge on any atom is -0.493 e. The smallest absolute Gasteiger partial charge is 0.493 e. The summed E-state index contributed by atoms with van der Waals surface area (Å²) in [5.74, 6) is 1.07. The second-order valence-electron chi connectivity index (χ2n) is 6.40. The first-order valence-corrected chi connectivity index (χ1v) is 9.15. The third kappa shape index (κ3) is 5.45. The summed E-state index contributed by atoms with van der Waals surface area (Å²) in [6.45, 7) is 2.86. The molecule has 1 aliphatic rings. The summed E-state index contributed by atoms with van der Waals surface area (Å²) < 4.78 is 16.0. The van der Waals surface area contributed by atoms with E-state index in [1.165, 1.54) is 0 Å². The van der Waals surface area contributed by atoms with Crippen LogP contribution in [0.25, 0.3) is 0 Å². The average Bonchev–Trinajstić information content (AvgIpc) is 3.06. The van der Waals surface area contributed by atoms with Crippen molar-refractivity contribution >= 4 is 13.2 Å². The molecule has 1 aromatic heterocycles. The molecule has 0 fully saturated rings. The summed E-state index contributed by atoms with van der Waals surface area (Å²) in [7, 11) is -1.99. The summed E-state index contributed by atoms with van der Waals surface area (Å²) in [5, 5.41) is 21.1. The molecule has 0 aliphatic carbocycles. The highest BCUT2D eigenvalue weighted by molar-refractivity contribution is 6.32. The minimum atomic E-state index is -1.99. The molecule has 0 bridgehead atoms. The van der Waals surface area contributed by atoms with Crippen molar-refractivity contribution in [1.82, 2.24) is 10.3 Å². The Morgan fingerprint density at radius 3 is 2.89 bits per heavy atom. The van der Waals surface area contributed by atoms with Crippen molar-refractivity contribution in [2.24, 2.45) is 0 Å². The zero-order valence-electron chi connectivity index (χ0n) is 15.6. The van der Waals surface area contributed by atoms with Crippen LogP contribution in [0.4, 0.5) is 0 Å². The molecular weight excluding hydrogens is 363 g/mol. The van der Waals surface area contributed by atoms with Crippen LogP contribution < -0.4 is 14.8 Å². The molecule has 0 spiro atoms. The van der Waals surface area contributed by atoms with E-state index in [1.54, 1.807) is 18.3 Å². The minimum absolute atomic E-state index is 0.0242. The second-order valence-corrected chi connectivity index (χ2v) is 6.40. The molecule has 8 nitrogen and oxygen atoms in total. The first kappa shape index (κ1) is 20.1. The Kier molecular flexibility index (Phi) is 6.86.